The minimum absolute atomic E-state index is 0.00679. The molecule has 0 radical (unpaired) electrons. The van der Waals surface area contributed by atoms with Crippen molar-refractivity contribution in [3.05, 3.63) is 158 Å². The Kier molecular flexibility index (Phi) is 30.2. The number of likely N-dealkylation sites (N-methyl/N-ethyl adjacent to an activating group) is 3. The fraction of sp³-hybridized carbons (Fsp3) is 0.548. The number of carbonyl (C=O) groups excluding carboxylic acids is 3. The van der Waals surface area contributed by atoms with E-state index in [1.165, 1.54) is 44.0 Å². The second kappa shape index (κ2) is 41.2. The third kappa shape index (κ3) is 22.1. The molecule has 6 saturated heterocycles. The molecule has 9 aliphatic rings. The van der Waals surface area contributed by atoms with Crippen molar-refractivity contribution in [2.45, 2.75) is 187 Å². The number of ether oxygens (including phenoxy) is 3. The van der Waals surface area contributed by atoms with E-state index >= 15 is 0 Å². The Labute approximate surface area is 740 Å². The van der Waals surface area contributed by atoms with Gasteiger partial charge in [0.25, 0.3) is 11.8 Å². The summed E-state index contributed by atoms with van der Waals surface area (Å²) >= 11 is 0. The second-order valence-corrected chi connectivity index (χ2v) is 34.7. The van der Waals surface area contributed by atoms with Crippen LogP contribution in [0.4, 0.5) is 60.9 Å². The predicted molar refractivity (Wildman–Crippen MR) is 472 cm³/mol. The highest BCUT2D eigenvalue weighted by molar-refractivity contribution is 5.95. The highest BCUT2D eigenvalue weighted by Gasteiger charge is 2.44. The van der Waals surface area contributed by atoms with E-state index < -0.39 is 48.4 Å². The van der Waals surface area contributed by atoms with E-state index in [4.69, 9.17) is 44.1 Å². The molecule has 6 atom stereocenters. The van der Waals surface area contributed by atoms with E-state index in [1.807, 2.05) is 15.9 Å². The second-order valence-electron chi connectivity index (χ2n) is 34.7. The van der Waals surface area contributed by atoms with Crippen LogP contribution in [0.15, 0.2) is 91.1 Å². The van der Waals surface area contributed by atoms with Gasteiger partial charge in [0.2, 0.25) is 5.91 Å². The Hall–Kier alpha value is -11.4. The van der Waals surface area contributed by atoms with Gasteiger partial charge in [-0.05, 0) is 192 Å². The number of aliphatic hydroxyl groups is 1. The van der Waals surface area contributed by atoms with Gasteiger partial charge in [-0.2, -0.15) is 72.0 Å². The van der Waals surface area contributed by atoms with Gasteiger partial charge in [-0.1, -0.05) is 49.6 Å². The smallest absolute Gasteiger partial charge is 0.421 e. The van der Waals surface area contributed by atoms with Gasteiger partial charge in [-0.3, -0.25) is 14.4 Å². The van der Waals surface area contributed by atoms with Gasteiger partial charge in [0, 0.05) is 148 Å². The molecule has 34 heteroatoms. The minimum Gasteiger partial charge on any atom is -0.462 e. The van der Waals surface area contributed by atoms with Gasteiger partial charge in [0.1, 0.15) is 42.8 Å². The zero-order valence-electron chi connectivity index (χ0n) is 74.3. The lowest BCUT2D eigenvalue weighted by molar-refractivity contribution is -0.142. The summed E-state index contributed by atoms with van der Waals surface area (Å²) < 4.78 is 96.7. The Morgan fingerprint density at radius 3 is 1.09 bits per heavy atom. The number of rotatable bonds is 22. The zero-order chi connectivity index (χ0) is 90.7. The number of fused-ring (bicyclic) bond motifs is 3. The summed E-state index contributed by atoms with van der Waals surface area (Å²) in [6.45, 7) is 30.4. The topological polar surface area (TPSA) is 287 Å². The summed E-state index contributed by atoms with van der Waals surface area (Å²) in [5.74, 6) is -0.0412. The van der Waals surface area contributed by atoms with Crippen LogP contribution in [-0.4, -0.2) is 276 Å². The molecule has 0 saturated carbocycles. The average molecular weight is 1760 g/mol. The molecule has 3 aromatic heterocycles. The molecule has 127 heavy (non-hydrogen) atoms. The SMILES string of the molecule is C=C(C(=O)N1CCN(c2nc(OC[C@@H]3CCCN3C)nc3c2CCN(c2cccc(C)c2C)C3)C[C@@H]1CC#N)C(F)(F)F.C=C(CO)C(=O)N1CCN(c2nc(OC[C@@H]3CCCN3C)nc3c2CCN(c2cccc(C)c2C)C3)C[C@@H]1CC#N.Cc1cccc(N2CCc3c(nc(OC[C@@H]4CCCN4C)nc3N3CCN(C(=O)/C=C/C(F)(F)F)[C@@H](CC#N)C3)C2)c1C. The quantitative estimate of drug-likeness (QED) is 0.0488. The molecule has 3 amide bonds. The number of likely N-dealkylation sites (tertiary alicyclic amines) is 3. The monoisotopic (exact) mass is 1750 g/mol. The van der Waals surface area contributed by atoms with E-state index in [1.54, 1.807) is 4.90 Å². The number of anilines is 6. The molecule has 0 spiro atoms. The average Bonchev–Trinajstić information content (AvgIpc) is 1.18. The van der Waals surface area contributed by atoms with Crippen LogP contribution < -0.4 is 43.6 Å². The lowest BCUT2D eigenvalue weighted by Gasteiger charge is -2.42. The van der Waals surface area contributed by atoms with Gasteiger partial charge in [-0.15, -0.1) is 0 Å². The number of carbonyl (C=O) groups is 3. The standard InChI is InChI=1S/2C31H38F3N7O2.C31H41N7O3/c1-20-7-5-9-27(21(20)2)39-14-11-25-26(18-39)36-30(43-19-24-8-6-13-38(24)4)37-28(25)40-15-16-41(23(17-40)10-12-35)29(42)22(3)31(32,33)34;1-21-6-4-8-27(22(21)2)39-15-11-25-26(19-39)36-30(43-20-24-7-5-14-38(24)3)37-29(25)40-16-17-41(23(18-40)10-13-35)28(42)9-12-31(32,33)34;1-21-7-5-9-28(23(21)3)36-14-11-26-27(18-36)33-31(41-20-25-8-6-13-35(25)4)34-29(26)37-15-16-38(24(17-37)10-12-32)30(40)22(2)19-39/h5,7,9,23-24H,3,6,8,10-11,13-19H2,1-2,4H3;4,6,8-9,12,23-24H,5,7,10-11,14-20H2,1-3H3;5,7,9,24-25,39H,2,6,8,10-11,13-20H2,1,3-4H3/b;12-9+;/t2*23-,24-;24-,25-/m000/s1. The van der Waals surface area contributed by atoms with E-state index in [0.29, 0.717) is 114 Å². The van der Waals surface area contributed by atoms with Crippen LogP contribution in [0.1, 0.15) is 125 Å². The molecule has 0 unspecified atom stereocenters. The van der Waals surface area contributed by atoms with Gasteiger partial charge < -0.3 is 78.1 Å². The number of hydrogen-bond acceptors (Lipinski definition) is 25. The van der Waals surface area contributed by atoms with E-state index in [9.17, 15) is 61.6 Å². The number of halogens is 6. The fourth-order valence-electron chi connectivity index (χ4n) is 18.7. The number of piperazine rings is 3. The molecule has 15 rings (SSSR count). The Morgan fingerprint density at radius 1 is 0.457 bits per heavy atom. The maximum absolute atomic E-state index is 13.3. The predicted octanol–water partition coefficient (Wildman–Crippen LogP) is 11.0. The van der Waals surface area contributed by atoms with E-state index in [0.717, 1.165) is 140 Å². The minimum atomic E-state index is -4.84. The van der Waals surface area contributed by atoms with Crippen LogP contribution in [0.3, 0.4) is 0 Å². The van der Waals surface area contributed by atoms with Crippen LogP contribution in [0.5, 0.6) is 18.0 Å². The van der Waals surface area contributed by atoms with E-state index in [-0.39, 0.29) is 93.7 Å². The maximum Gasteiger partial charge on any atom is 0.421 e. The normalized spacial score (nSPS) is 21.1. The van der Waals surface area contributed by atoms with Crippen molar-refractivity contribution in [1.29, 1.82) is 15.8 Å². The zero-order valence-corrected chi connectivity index (χ0v) is 74.3. The highest BCUT2D eigenvalue weighted by atomic mass is 19.4. The summed E-state index contributed by atoms with van der Waals surface area (Å²) in [5.41, 5.74) is 15.4. The van der Waals surface area contributed by atoms with Crippen LogP contribution in [-0.2, 0) is 53.3 Å². The molecule has 3 aromatic carbocycles. The molecule has 0 aliphatic carbocycles. The summed E-state index contributed by atoms with van der Waals surface area (Å²) in [6, 6.07) is 25.5. The Bertz CT molecular complexity index is 5170. The first kappa shape index (κ1) is 93.3. The molecule has 6 fully saturated rings. The molecule has 678 valence electrons. The Balaban J connectivity index is 0.000000163. The van der Waals surface area contributed by atoms with Crippen LogP contribution in [0, 0.1) is 75.5 Å². The number of benzene rings is 3. The number of aliphatic hydroxyl groups excluding tert-OH is 1. The van der Waals surface area contributed by atoms with Crippen molar-refractivity contribution in [1.82, 2.24) is 59.3 Å². The maximum atomic E-state index is 13.3. The highest BCUT2D eigenvalue weighted by Crippen LogP contribution is 2.40. The summed E-state index contributed by atoms with van der Waals surface area (Å²) in [4.78, 5) is 91.8. The number of aromatic nitrogens is 6. The molecule has 28 nitrogen and oxygen atoms in total. The van der Waals surface area contributed by atoms with Crippen LogP contribution >= 0.6 is 0 Å². The van der Waals surface area contributed by atoms with Crippen molar-refractivity contribution < 1.29 is 60.0 Å². The first-order valence-corrected chi connectivity index (χ1v) is 44.0. The van der Waals surface area contributed by atoms with Crippen LogP contribution in [0.2, 0.25) is 0 Å². The first-order valence-electron chi connectivity index (χ1n) is 44.0. The molecule has 9 aliphatic heterocycles. The van der Waals surface area contributed by atoms with Crippen LogP contribution in [0.25, 0.3) is 0 Å². The lowest BCUT2D eigenvalue weighted by Crippen LogP contribution is -2.56. The van der Waals surface area contributed by atoms with Crippen molar-refractivity contribution in [2.75, 3.05) is 175 Å². The van der Waals surface area contributed by atoms with Gasteiger partial charge >= 0.3 is 30.4 Å². The van der Waals surface area contributed by atoms with Gasteiger partial charge in [-0.25, -0.2) is 0 Å². The van der Waals surface area contributed by atoms with Crippen molar-refractivity contribution in [3.8, 4) is 36.2 Å². The number of alkyl halides is 6. The Morgan fingerprint density at radius 2 is 0.787 bits per heavy atom. The summed E-state index contributed by atoms with van der Waals surface area (Å²) in [5, 5.41) is 38.0. The number of allylic oxidation sites excluding steroid dienone is 1. The summed E-state index contributed by atoms with van der Waals surface area (Å²) in [7, 11) is 6.29. The first-order chi connectivity index (χ1) is 60.8. The molecule has 0 bridgehead atoms. The third-order valence-corrected chi connectivity index (χ3v) is 26.7. The third-order valence-electron chi connectivity index (χ3n) is 26.7. The van der Waals surface area contributed by atoms with E-state index in [2.05, 4.69) is 177 Å². The number of amides is 3. The number of nitrogens with zero attached hydrogens (tertiary/aromatic N) is 21. The van der Waals surface area contributed by atoms with Gasteiger partial charge in [0.15, 0.2) is 0 Å². The van der Waals surface area contributed by atoms with Crippen molar-refractivity contribution >= 4 is 52.2 Å². The fourth-order valence-corrected chi connectivity index (χ4v) is 18.7. The molecule has 12 heterocycles. The molecule has 6 aromatic rings. The van der Waals surface area contributed by atoms with Crippen molar-refractivity contribution in [3.63, 3.8) is 0 Å². The number of aryl methyl sites for hydroxylation is 3. The molecule has 1 N–H and O–H groups in total. The molecular formula is C93H117F6N21O7. The van der Waals surface area contributed by atoms with Crippen molar-refractivity contribution in [2.24, 2.45) is 0 Å². The summed E-state index contributed by atoms with van der Waals surface area (Å²) in [6.07, 6.45) is -0.164. The van der Waals surface area contributed by atoms with Gasteiger partial charge in [0.05, 0.1) is 98.9 Å². The number of hydrogen-bond donors (Lipinski definition) is 1. The lowest BCUT2D eigenvalue weighted by atomic mass is 10.0. The number of nitriles is 3. The molecular weight excluding hydrogens is 1640 g/mol. The largest absolute Gasteiger partial charge is 0.462 e.